The first kappa shape index (κ1) is 24.3. The number of hydrogen-bond acceptors (Lipinski definition) is 6. The van der Waals surface area contributed by atoms with E-state index in [1.165, 1.54) is 14.2 Å². The van der Waals surface area contributed by atoms with Gasteiger partial charge in [0.15, 0.2) is 11.5 Å². The number of nitrogens with zero attached hydrogens (tertiary/aromatic N) is 1. The number of carbonyl (C=O) groups is 2. The number of aliphatic hydroxyl groups excluding tert-OH is 1. The van der Waals surface area contributed by atoms with Gasteiger partial charge in [-0.15, -0.1) is 0 Å². The van der Waals surface area contributed by atoms with Gasteiger partial charge < -0.3 is 29.5 Å². The number of ether oxygens (including phenoxy) is 3. The Bertz CT molecular complexity index is 1170. The van der Waals surface area contributed by atoms with Crippen molar-refractivity contribution in [1.29, 1.82) is 0 Å². The average molecular weight is 477 g/mol. The van der Waals surface area contributed by atoms with E-state index in [-0.39, 0.29) is 25.0 Å². The van der Waals surface area contributed by atoms with Crippen LogP contribution in [-0.2, 0) is 16.1 Å². The Morgan fingerprint density at radius 2 is 1.74 bits per heavy atom. The molecule has 4 rings (SSSR count). The van der Waals surface area contributed by atoms with Gasteiger partial charge >= 0.3 is 0 Å². The smallest absolute Gasteiger partial charge is 0.255 e. The lowest BCUT2D eigenvalue weighted by molar-refractivity contribution is -0.162. The van der Waals surface area contributed by atoms with Crippen molar-refractivity contribution in [3.05, 3.63) is 89.5 Å². The van der Waals surface area contributed by atoms with E-state index < -0.39 is 12.1 Å². The van der Waals surface area contributed by atoms with Crippen LogP contribution in [0.15, 0.2) is 72.8 Å². The summed E-state index contributed by atoms with van der Waals surface area (Å²) < 4.78 is 16.3. The number of carbonyl (C=O) groups excluding carboxylic acids is 2. The molecule has 35 heavy (non-hydrogen) atoms. The largest absolute Gasteiger partial charge is 0.493 e. The number of methoxy groups -OCH3 is 2. The fraction of sp³-hybridized carbons (Fsp3) is 0.259. The highest BCUT2D eigenvalue weighted by Gasteiger charge is 2.37. The van der Waals surface area contributed by atoms with Crippen LogP contribution in [0.5, 0.6) is 11.5 Å². The van der Waals surface area contributed by atoms with Crippen LogP contribution in [0.1, 0.15) is 27.6 Å². The lowest BCUT2D eigenvalue weighted by atomic mass is 9.98. The predicted octanol–water partition coefficient (Wildman–Crippen LogP) is 3.42. The van der Waals surface area contributed by atoms with Crippen molar-refractivity contribution in [3.8, 4) is 11.5 Å². The van der Waals surface area contributed by atoms with E-state index in [0.29, 0.717) is 29.3 Å². The normalized spacial score (nSPS) is 17.7. The van der Waals surface area contributed by atoms with Crippen molar-refractivity contribution < 1.29 is 28.9 Å². The highest BCUT2D eigenvalue weighted by Crippen LogP contribution is 2.31. The van der Waals surface area contributed by atoms with Crippen LogP contribution in [-0.4, -0.2) is 55.3 Å². The van der Waals surface area contributed by atoms with E-state index in [9.17, 15) is 14.7 Å². The fourth-order valence-corrected chi connectivity index (χ4v) is 4.14. The fourth-order valence-electron chi connectivity index (χ4n) is 4.14. The second-order valence-corrected chi connectivity index (χ2v) is 8.13. The number of amides is 2. The van der Waals surface area contributed by atoms with E-state index in [0.717, 1.165) is 11.1 Å². The molecule has 0 spiro atoms. The molecule has 1 aliphatic heterocycles. The molecule has 2 amide bonds. The molecule has 2 N–H and O–H groups in total. The molecule has 8 heteroatoms. The average Bonchev–Trinajstić information content (AvgIpc) is 2.90. The Labute approximate surface area is 204 Å². The van der Waals surface area contributed by atoms with Crippen molar-refractivity contribution in [1.82, 2.24) is 4.90 Å². The van der Waals surface area contributed by atoms with E-state index in [1.54, 1.807) is 35.2 Å². The van der Waals surface area contributed by atoms with Crippen LogP contribution in [0.4, 0.5) is 5.69 Å². The van der Waals surface area contributed by atoms with Gasteiger partial charge in [0.25, 0.3) is 5.91 Å². The summed E-state index contributed by atoms with van der Waals surface area (Å²) in [6.45, 7) is 0.0943. The van der Waals surface area contributed by atoms with Gasteiger partial charge in [0, 0.05) is 17.8 Å². The summed E-state index contributed by atoms with van der Waals surface area (Å²) in [7, 11) is 3.05. The minimum absolute atomic E-state index is 0.0637. The minimum Gasteiger partial charge on any atom is -0.493 e. The van der Waals surface area contributed by atoms with Crippen LogP contribution < -0.4 is 14.8 Å². The Morgan fingerprint density at radius 3 is 2.40 bits per heavy atom. The molecule has 2 atom stereocenters. The summed E-state index contributed by atoms with van der Waals surface area (Å²) in [4.78, 5) is 26.9. The molecule has 182 valence electrons. The van der Waals surface area contributed by atoms with Crippen molar-refractivity contribution in [2.24, 2.45) is 0 Å². The highest BCUT2D eigenvalue weighted by atomic mass is 16.5. The SMILES string of the molecule is COc1ccc(C(=O)Nc2ccc([C@H]3OCC(=O)N(Cc4ccccc4)[C@@H]3CO)cc2)cc1OC. The molecule has 0 bridgehead atoms. The molecular formula is C27H28N2O6. The molecule has 0 aliphatic carbocycles. The summed E-state index contributed by atoms with van der Waals surface area (Å²) >= 11 is 0. The zero-order valence-corrected chi connectivity index (χ0v) is 19.6. The Kier molecular flexibility index (Phi) is 7.64. The number of nitrogens with one attached hydrogen (secondary N) is 1. The molecular weight excluding hydrogens is 448 g/mol. The summed E-state index contributed by atoms with van der Waals surface area (Å²) in [5.41, 5.74) is 2.81. The van der Waals surface area contributed by atoms with Gasteiger partial charge in [-0.2, -0.15) is 0 Å². The molecule has 0 radical (unpaired) electrons. The molecule has 0 aromatic heterocycles. The standard InChI is InChI=1S/C27H28N2O6/c1-33-23-13-10-20(14-24(23)34-2)27(32)28-21-11-8-19(9-12-21)26-22(16-30)29(25(31)17-35-26)15-18-6-4-3-5-7-18/h3-14,22,26,30H,15-17H2,1-2H3,(H,28,32)/t22-,26-/m1/s1. The van der Waals surface area contributed by atoms with Crippen LogP contribution >= 0.6 is 0 Å². The summed E-state index contributed by atoms with van der Waals surface area (Å²) in [6.07, 6.45) is -0.489. The quantitative estimate of drug-likeness (QED) is 0.517. The first-order chi connectivity index (χ1) is 17.0. The number of aliphatic hydroxyl groups is 1. The van der Waals surface area contributed by atoms with Crippen LogP contribution in [0.25, 0.3) is 0 Å². The summed E-state index contributed by atoms with van der Waals surface area (Å²) in [6, 6.07) is 21.3. The minimum atomic E-state index is -0.524. The topological polar surface area (TPSA) is 97.3 Å². The maximum absolute atomic E-state index is 12.7. The Morgan fingerprint density at radius 1 is 1.03 bits per heavy atom. The first-order valence-electron chi connectivity index (χ1n) is 11.2. The van der Waals surface area contributed by atoms with E-state index >= 15 is 0 Å². The lowest BCUT2D eigenvalue weighted by Crippen LogP contribution is -2.52. The monoisotopic (exact) mass is 476 g/mol. The van der Waals surface area contributed by atoms with Gasteiger partial charge in [0.1, 0.15) is 12.7 Å². The van der Waals surface area contributed by atoms with Crippen LogP contribution in [0.3, 0.4) is 0 Å². The zero-order chi connectivity index (χ0) is 24.8. The van der Waals surface area contributed by atoms with Crippen molar-refractivity contribution in [2.45, 2.75) is 18.7 Å². The number of hydrogen-bond donors (Lipinski definition) is 2. The maximum Gasteiger partial charge on any atom is 0.255 e. The number of rotatable bonds is 8. The van der Waals surface area contributed by atoms with Gasteiger partial charge in [0.2, 0.25) is 5.91 Å². The second kappa shape index (κ2) is 11.0. The van der Waals surface area contributed by atoms with Gasteiger partial charge in [0.05, 0.1) is 26.9 Å². The number of morpholine rings is 1. The Balaban J connectivity index is 1.47. The number of benzene rings is 3. The third-order valence-electron chi connectivity index (χ3n) is 5.98. The van der Waals surface area contributed by atoms with Crippen LogP contribution in [0.2, 0.25) is 0 Å². The second-order valence-electron chi connectivity index (χ2n) is 8.13. The van der Waals surface area contributed by atoms with Crippen LogP contribution in [0, 0.1) is 0 Å². The molecule has 0 saturated carbocycles. The van der Waals surface area contributed by atoms with Crippen molar-refractivity contribution in [3.63, 3.8) is 0 Å². The lowest BCUT2D eigenvalue weighted by Gasteiger charge is -2.40. The maximum atomic E-state index is 12.7. The van der Waals surface area contributed by atoms with E-state index in [1.807, 2.05) is 42.5 Å². The molecule has 8 nitrogen and oxygen atoms in total. The Hall–Kier alpha value is -3.88. The molecule has 1 saturated heterocycles. The van der Waals surface area contributed by atoms with Gasteiger partial charge in [-0.05, 0) is 41.5 Å². The number of anilines is 1. The van der Waals surface area contributed by atoms with E-state index in [2.05, 4.69) is 5.32 Å². The summed E-state index contributed by atoms with van der Waals surface area (Å²) in [5, 5.41) is 13.0. The summed E-state index contributed by atoms with van der Waals surface area (Å²) in [5.74, 6) is 0.553. The third kappa shape index (κ3) is 5.45. The van der Waals surface area contributed by atoms with Gasteiger partial charge in [-0.25, -0.2) is 0 Å². The zero-order valence-electron chi connectivity index (χ0n) is 19.6. The van der Waals surface area contributed by atoms with E-state index in [4.69, 9.17) is 14.2 Å². The molecule has 3 aromatic rings. The van der Waals surface area contributed by atoms with Crippen molar-refractivity contribution in [2.75, 3.05) is 32.8 Å². The van der Waals surface area contributed by atoms with Gasteiger partial charge in [-0.1, -0.05) is 42.5 Å². The van der Waals surface area contributed by atoms with Gasteiger partial charge in [-0.3, -0.25) is 9.59 Å². The first-order valence-corrected chi connectivity index (χ1v) is 11.2. The highest BCUT2D eigenvalue weighted by molar-refractivity contribution is 6.04. The molecule has 1 heterocycles. The third-order valence-corrected chi connectivity index (χ3v) is 5.98. The molecule has 0 unspecified atom stereocenters. The predicted molar refractivity (Wildman–Crippen MR) is 130 cm³/mol. The molecule has 1 fully saturated rings. The van der Waals surface area contributed by atoms with Crippen molar-refractivity contribution >= 4 is 17.5 Å². The molecule has 1 aliphatic rings. The molecule has 3 aromatic carbocycles.